The van der Waals surface area contributed by atoms with Crippen molar-refractivity contribution in [3.8, 4) is 0 Å². The average Bonchev–Trinajstić information content (AvgIpc) is 2.28. The van der Waals surface area contributed by atoms with E-state index in [2.05, 4.69) is 27.7 Å². The third-order valence-electron chi connectivity index (χ3n) is 2.86. The van der Waals surface area contributed by atoms with E-state index in [1.807, 2.05) is 0 Å². The highest BCUT2D eigenvalue weighted by Gasteiger charge is 2.27. The lowest BCUT2D eigenvalue weighted by Crippen LogP contribution is -2.28. The molecule has 0 aromatic carbocycles. The summed E-state index contributed by atoms with van der Waals surface area (Å²) >= 11 is 0. The first-order valence-electron chi connectivity index (χ1n) is 7.21. The molecule has 112 valence electrons. The van der Waals surface area contributed by atoms with E-state index < -0.39 is 17.9 Å². The van der Waals surface area contributed by atoms with E-state index in [4.69, 9.17) is 9.47 Å². The van der Waals surface area contributed by atoms with Gasteiger partial charge in [-0.1, -0.05) is 34.6 Å². The predicted octanol–water partition coefficient (Wildman–Crippen LogP) is 3.19. The molecule has 0 unspecified atom stereocenters. The Kier molecular flexibility index (Phi) is 9.27. The van der Waals surface area contributed by atoms with Crippen LogP contribution in [0.15, 0.2) is 0 Å². The van der Waals surface area contributed by atoms with Gasteiger partial charge in [-0.15, -0.1) is 0 Å². The SMILES string of the molecule is CCC(C(=O)OCCC(C)C)C(=O)OCCC(C)C. The van der Waals surface area contributed by atoms with Gasteiger partial charge in [0.25, 0.3) is 0 Å². The van der Waals surface area contributed by atoms with Crippen LogP contribution in [0.2, 0.25) is 0 Å². The fourth-order valence-electron chi connectivity index (χ4n) is 1.42. The molecule has 0 amide bonds. The molecule has 0 bridgehead atoms. The molecule has 0 aromatic heterocycles. The number of hydrogen-bond acceptors (Lipinski definition) is 4. The minimum Gasteiger partial charge on any atom is -0.465 e. The number of rotatable bonds is 9. The molecule has 0 heterocycles. The van der Waals surface area contributed by atoms with E-state index in [1.165, 1.54) is 0 Å². The van der Waals surface area contributed by atoms with Crippen molar-refractivity contribution < 1.29 is 19.1 Å². The maximum absolute atomic E-state index is 11.8. The highest BCUT2D eigenvalue weighted by Crippen LogP contribution is 2.10. The van der Waals surface area contributed by atoms with Crippen molar-refractivity contribution >= 4 is 11.9 Å². The van der Waals surface area contributed by atoms with Crippen LogP contribution >= 0.6 is 0 Å². The Morgan fingerprint density at radius 2 is 1.21 bits per heavy atom. The molecule has 0 aliphatic carbocycles. The number of ether oxygens (including phenoxy) is 2. The molecule has 4 heteroatoms. The summed E-state index contributed by atoms with van der Waals surface area (Å²) in [4.78, 5) is 23.5. The molecule has 0 aliphatic rings. The molecule has 19 heavy (non-hydrogen) atoms. The molecule has 0 fully saturated rings. The van der Waals surface area contributed by atoms with Crippen molar-refractivity contribution in [3.05, 3.63) is 0 Å². The van der Waals surface area contributed by atoms with Gasteiger partial charge < -0.3 is 9.47 Å². The molecule has 0 N–H and O–H groups in total. The summed E-state index contributed by atoms with van der Waals surface area (Å²) in [5.74, 6) is -0.744. The largest absolute Gasteiger partial charge is 0.465 e. The number of hydrogen-bond donors (Lipinski definition) is 0. The van der Waals surface area contributed by atoms with Crippen molar-refractivity contribution in [2.24, 2.45) is 17.8 Å². The third-order valence-corrected chi connectivity index (χ3v) is 2.86. The van der Waals surface area contributed by atoms with Crippen LogP contribution in [0.25, 0.3) is 0 Å². The molecule has 0 saturated heterocycles. The number of esters is 2. The Balaban J connectivity index is 4.08. The van der Waals surface area contributed by atoms with Crippen LogP contribution in [0.5, 0.6) is 0 Å². The Labute approximate surface area is 116 Å². The second-order valence-corrected chi connectivity index (χ2v) is 5.66. The van der Waals surface area contributed by atoms with Gasteiger partial charge in [-0.2, -0.15) is 0 Å². The van der Waals surface area contributed by atoms with Crippen molar-refractivity contribution in [1.82, 2.24) is 0 Å². The van der Waals surface area contributed by atoms with Crippen LogP contribution in [-0.2, 0) is 19.1 Å². The van der Waals surface area contributed by atoms with E-state index in [0.717, 1.165) is 12.8 Å². The van der Waals surface area contributed by atoms with Gasteiger partial charge in [0.1, 0.15) is 0 Å². The van der Waals surface area contributed by atoms with Crippen LogP contribution in [0.4, 0.5) is 0 Å². The summed E-state index contributed by atoms with van der Waals surface area (Å²) in [5, 5.41) is 0. The molecule has 0 atom stereocenters. The lowest BCUT2D eigenvalue weighted by molar-refractivity contribution is -0.162. The third kappa shape index (κ3) is 8.62. The molecular weight excluding hydrogens is 244 g/mol. The van der Waals surface area contributed by atoms with E-state index in [0.29, 0.717) is 31.5 Å². The van der Waals surface area contributed by atoms with Crippen molar-refractivity contribution in [1.29, 1.82) is 0 Å². The summed E-state index contributed by atoms with van der Waals surface area (Å²) in [5.41, 5.74) is 0. The Morgan fingerprint density at radius 3 is 1.47 bits per heavy atom. The summed E-state index contributed by atoms with van der Waals surface area (Å²) in [6.45, 7) is 10.8. The minimum atomic E-state index is -0.778. The molecule has 0 aromatic rings. The second kappa shape index (κ2) is 9.82. The quantitative estimate of drug-likeness (QED) is 0.478. The van der Waals surface area contributed by atoms with E-state index in [9.17, 15) is 9.59 Å². The number of carbonyl (C=O) groups is 2. The Hall–Kier alpha value is -1.06. The summed E-state index contributed by atoms with van der Waals surface area (Å²) in [6.07, 6.45) is 2.04. The van der Waals surface area contributed by atoms with Crippen molar-refractivity contribution in [3.63, 3.8) is 0 Å². The average molecular weight is 272 g/mol. The monoisotopic (exact) mass is 272 g/mol. The molecule has 0 radical (unpaired) electrons. The highest BCUT2D eigenvalue weighted by molar-refractivity contribution is 5.94. The summed E-state index contributed by atoms with van der Waals surface area (Å²) in [7, 11) is 0. The lowest BCUT2D eigenvalue weighted by atomic mass is 10.1. The molecule has 0 saturated carbocycles. The summed E-state index contributed by atoms with van der Waals surface area (Å²) in [6, 6.07) is 0. The van der Waals surface area contributed by atoms with Crippen LogP contribution in [0.1, 0.15) is 53.9 Å². The second-order valence-electron chi connectivity index (χ2n) is 5.66. The molecule has 0 spiro atoms. The van der Waals surface area contributed by atoms with Crippen molar-refractivity contribution in [2.75, 3.05) is 13.2 Å². The fraction of sp³-hybridized carbons (Fsp3) is 0.867. The normalized spacial score (nSPS) is 11.2. The first-order chi connectivity index (χ1) is 8.88. The zero-order valence-electron chi connectivity index (χ0n) is 12.9. The maximum Gasteiger partial charge on any atom is 0.320 e. The van der Waals surface area contributed by atoms with Gasteiger partial charge in [0.15, 0.2) is 5.92 Å². The Bertz CT molecular complexity index is 245. The van der Waals surface area contributed by atoms with Crippen molar-refractivity contribution in [2.45, 2.75) is 53.9 Å². The van der Waals surface area contributed by atoms with Gasteiger partial charge in [0.05, 0.1) is 13.2 Å². The molecule has 0 aliphatic heterocycles. The standard InChI is InChI=1S/C15H28O4/c1-6-13(14(16)18-9-7-11(2)3)15(17)19-10-8-12(4)5/h11-13H,6-10H2,1-5H3. The van der Waals surface area contributed by atoms with Gasteiger partial charge in [-0.3, -0.25) is 9.59 Å². The molecular formula is C15H28O4. The zero-order valence-corrected chi connectivity index (χ0v) is 12.9. The van der Waals surface area contributed by atoms with Crippen LogP contribution < -0.4 is 0 Å². The van der Waals surface area contributed by atoms with Gasteiger partial charge in [0, 0.05) is 0 Å². The van der Waals surface area contributed by atoms with Crippen LogP contribution in [0.3, 0.4) is 0 Å². The minimum absolute atomic E-state index is 0.367. The summed E-state index contributed by atoms with van der Waals surface area (Å²) < 4.78 is 10.2. The lowest BCUT2D eigenvalue weighted by Gasteiger charge is -2.14. The maximum atomic E-state index is 11.8. The fourth-order valence-corrected chi connectivity index (χ4v) is 1.42. The smallest absolute Gasteiger partial charge is 0.320 e. The first-order valence-corrected chi connectivity index (χ1v) is 7.21. The van der Waals surface area contributed by atoms with Crippen LogP contribution in [-0.4, -0.2) is 25.2 Å². The van der Waals surface area contributed by atoms with Gasteiger partial charge in [0.2, 0.25) is 0 Å². The van der Waals surface area contributed by atoms with E-state index in [-0.39, 0.29) is 0 Å². The first kappa shape index (κ1) is 17.9. The number of carbonyl (C=O) groups excluding carboxylic acids is 2. The van der Waals surface area contributed by atoms with Crippen LogP contribution in [0, 0.1) is 17.8 Å². The topological polar surface area (TPSA) is 52.6 Å². The Morgan fingerprint density at radius 1 is 0.842 bits per heavy atom. The zero-order chi connectivity index (χ0) is 14.8. The van der Waals surface area contributed by atoms with Gasteiger partial charge in [-0.25, -0.2) is 0 Å². The van der Waals surface area contributed by atoms with Gasteiger partial charge in [-0.05, 0) is 31.1 Å². The van der Waals surface area contributed by atoms with E-state index >= 15 is 0 Å². The molecule has 0 rings (SSSR count). The highest BCUT2D eigenvalue weighted by atomic mass is 16.6. The predicted molar refractivity (Wildman–Crippen MR) is 74.6 cm³/mol. The van der Waals surface area contributed by atoms with E-state index in [1.54, 1.807) is 6.92 Å². The molecule has 4 nitrogen and oxygen atoms in total. The van der Waals surface area contributed by atoms with Gasteiger partial charge >= 0.3 is 11.9 Å².